The van der Waals surface area contributed by atoms with Crippen molar-refractivity contribution < 1.29 is 15.4 Å². The van der Waals surface area contributed by atoms with E-state index in [1.807, 2.05) is 13.8 Å². The van der Waals surface area contributed by atoms with Crippen molar-refractivity contribution in [2.24, 2.45) is 23.2 Å². The number of aliphatic hydroxyl groups excluding tert-OH is 1. The fourth-order valence-corrected chi connectivity index (χ4v) is 4.37. The van der Waals surface area contributed by atoms with E-state index in [2.05, 4.69) is 78.0 Å². The number of benzene rings is 1. The van der Waals surface area contributed by atoms with Gasteiger partial charge in [0.15, 0.2) is 0 Å². The minimum absolute atomic E-state index is 0. The molecule has 3 unspecified atom stereocenters. The Morgan fingerprint density at radius 1 is 1.03 bits per heavy atom. The average molecular weight is 482 g/mol. The number of nitrogens with one attached hydrogen (secondary N) is 1. The number of carbonyl (C=O) groups is 1. The molecule has 0 radical (unpaired) electrons. The van der Waals surface area contributed by atoms with Crippen LogP contribution in [0.4, 0.5) is 0 Å². The van der Waals surface area contributed by atoms with Gasteiger partial charge in [-0.15, -0.1) is 0 Å². The standard InChI is InChI=1S/C17H24O.C10H23NO.C2H6.CH4.H2O/c1-12-5-7-14(8-6-12)16-10-9-15(13(2)18)11-17(16,3)4;1-8(2)5-6-10(12)11-7-9(3)4;1-2;;/h5-8,15-16H,9-11H2,1-4H3;8-12H,5-7H2,1-4H3;1-2H3;1H4;1H2. The van der Waals surface area contributed by atoms with Gasteiger partial charge >= 0.3 is 0 Å². The maximum absolute atomic E-state index is 11.6. The maximum atomic E-state index is 11.6. The Kier molecular flexibility index (Phi) is 20.9. The molecule has 0 aliphatic heterocycles. The Morgan fingerprint density at radius 3 is 1.97 bits per heavy atom. The molecule has 0 saturated heterocycles. The van der Waals surface area contributed by atoms with Crippen molar-refractivity contribution in [3.63, 3.8) is 0 Å². The zero-order chi connectivity index (χ0) is 24.9. The summed E-state index contributed by atoms with van der Waals surface area (Å²) in [4.78, 5) is 11.6. The average Bonchev–Trinajstić information content (AvgIpc) is 2.72. The Hall–Kier alpha value is -1.23. The Morgan fingerprint density at radius 2 is 1.56 bits per heavy atom. The summed E-state index contributed by atoms with van der Waals surface area (Å²) in [6, 6.07) is 8.91. The topological polar surface area (TPSA) is 80.8 Å². The molecule has 0 bridgehead atoms. The highest BCUT2D eigenvalue weighted by Gasteiger charge is 2.38. The predicted octanol–water partition coefficient (Wildman–Crippen LogP) is 7.32. The van der Waals surface area contributed by atoms with Crippen molar-refractivity contribution in [3.05, 3.63) is 35.4 Å². The van der Waals surface area contributed by atoms with Crippen molar-refractivity contribution in [3.8, 4) is 0 Å². The van der Waals surface area contributed by atoms with Gasteiger partial charge in [-0.2, -0.15) is 0 Å². The van der Waals surface area contributed by atoms with Gasteiger partial charge in [0.25, 0.3) is 0 Å². The number of aliphatic hydroxyl groups is 1. The van der Waals surface area contributed by atoms with Gasteiger partial charge in [-0.3, -0.25) is 10.1 Å². The summed E-state index contributed by atoms with van der Waals surface area (Å²) in [5.74, 6) is 2.53. The molecule has 0 heterocycles. The van der Waals surface area contributed by atoms with E-state index >= 15 is 0 Å². The van der Waals surface area contributed by atoms with Crippen molar-refractivity contribution in [1.82, 2.24) is 5.32 Å². The minimum atomic E-state index is -0.310. The quantitative estimate of drug-likeness (QED) is 0.382. The Balaban J connectivity index is -0.000000533. The van der Waals surface area contributed by atoms with E-state index in [1.165, 1.54) is 11.1 Å². The summed E-state index contributed by atoms with van der Waals surface area (Å²) in [6.45, 7) is 22.0. The van der Waals surface area contributed by atoms with Crippen LogP contribution in [-0.4, -0.2) is 29.1 Å². The van der Waals surface area contributed by atoms with Crippen molar-refractivity contribution >= 4 is 5.78 Å². The lowest BCUT2D eigenvalue weighted by Crippen LogP contribution is -2.33. The molecular weight excluding hydrogens is 422 g/mol. The number of ketones is 1. The summed E-state index contributed by atoms with van der Waals surface area (Å²) in [5, 5.41) is 12.5. The number of aryl methyl sites for hydroxylation is 1. The Bertz CT molecular complexity index is 610. The van der Waals surface area contributed by atoms with Crippen LogP contribution in [0.25, 0.3) is 0 Å². The lowest BCUT2D eigenvalue weighted by Gasteiger charge is -2.42. The molecule has 4 heteroatoms. The maximum Gasteiger partial charge on any atom is 0.132 e. The molecule has 1 aliphatic rings. The highest BCUT2D eigenvalue weighted by molar-refractivity contribution is 5.78. The third-order valence-electron chi connectivity index (χ3n) is 6.35. The van der Waals surface area contributed by atoms with Gasteiger partial charge in [0.05, 0.1) is 0 Å². The van der Waals surface area contributed by atoms with Crippen molar-refractivity contribution in [2.45, 2.75) is 121 Å². The fourth-order valence-electron chi connectivity index (χ4n) is 4.37. The number of carbonyl (C=O) groups excluding carboxylic acids is 1. The number of Topliss-reactive ketones (excluding diaryl/α,β-unsaturated/α-hetero) is 1. The summed E-state index contributed by atoms with van der Waals surface area (Å²) in [5.41, 5.74) is 2.98. The van der Waals surface area contributed by atoms with Gasteiger partial charge in [0.1, 0.15) is 12.0 Å². The van der Waals surface area contributed by atoms with Crippen LogP contribution in [-0.2, 0) is 4.79 Å². The number of hydrogen-bond donors (Lipinski definition) is 2. The van der Waals surface area contributed by atoms with Gasteiger partial charge in [-0.25, -0.2) is 0 Å². The first kappa shape index (κ1) is 37.3. The van der Waals surface area contributed by atoms with E-state index in [9.17, 15) is 9.90 Å². The first-order valence-corrected chi connectivity index (χ1v) is 12.9. The monoisotopic (exact) mass is 481 g/mol. The lowest BCUT2D eigenvalue weighted by atomic mass is 9.62. The van der Waals surface area contributed by atoms with Crippen molar-refractivity contribution in [1.29, 1.82) is 0 Å². The Labute approximate surface area is 212 Å². The second-order valence-corrected chi connectivity index (χ2v) is 10.8. The third kappa shape index (κ3) is 14.9. The molecule has 1 aromatic carbocycles. The smallest absolute Gasteiger partial charge is 0.132 e. The van der Waals surface area contributed by atoms with Gasteiger partial charge in [-0.1, -0.05) is 92.6 Å². The van der Waals surface area contributed by atoms with Crippen LogP contribution < -0.4 is 5.32 Å². The summed E-state index contributed by atoms with van der Waals surface area (Å²) in [7, 11) is 0. The molecule has 4 N–H and O–H groups in total. The molecule has 1 aliphatic carbocycles. The first-order valence-electron chi connectivity index (χ1n) is 12.9. The van der Waals surface area contributed by atoms with Crippen LogP contribution in [0.5, 0.6) is 0 Å². The van der Waals surface area contributed by atoms with Gasteiger partial charge in [-0.05, 0) is 81.2 Å². The van der Waals surface area contributed by atoms with E-state index in [4.69, 9.17) is 0 Å². The van der Waals surface area contributed by atoms with Crippen molar-refractivity contribution in [2.75, 3.05) is 6.54 Å². The zero-order valence-electron chi connectivity index (χ0n) is 23.3. The summed E-state index contributed by atoms with van der Waals surface area (Å²) < 4.78 is 0. The largest absolute Gasteiger partial charge is 0.412 e. The summed E-state index contributed by atoms with van der Waals surface area (Å²) >= 11 is 0. The molecule has 2 rings (SSSR count). The van der Waals surface area contributed by atoms with Crippen LogP contribution in [0.15, 0.2) is 24.3 Å². The molecule has 0 amide bonds. The highest BCUT2D eigenvalue weighted by atomic mass is 16.3. The second-order valence-electron chi connectivity index (χ2n) is 10.8. The van der Waals surface area contributed by atoms with E-state index in [1.54, 1.807) is 6.92 Å². The van der Waals surface area contributed by atoms with Crippen LogP contribution in [0.1, 0.15) is 119 Å². The molecule has 1 aromatic rings. The molecule has 1 fully saturated rings. The minimum Gasteiger partial charge on any atom is -0.412 e. The molecule has 4 nitrogen and oxygen atoms in total. The number of hydrogen-bond acceptors (Lipinski definition) is 3. The van der Waals surface area contributed by atoms with Crippen LogP contribution in [0, 0.1) is 30.1 Å². The zero-order valence-corrected chi connectivity index (χ0v) is 23.3. The normalized spacial score (nSPS) is 19.4. The lowest BCUT2D eigenvalue weighted by molar-refractivity contribution is -0.123. The van der Waals surface area contributed by atoms with E-state index < -0.39 is 0 Å². The molecule has 34 heavy (non-hydrogen) atoms. The van der Waals surface area contributed by atoms with Crippen LogP contribution >= 0.6 is 0 Å². The molecular formula is C30H59NO3. The molecule has 202 valence electrons. The second kappa shape index (κ2) is 19.0. The predicted molar refractivity (Wildman–Crippen MR) is 150 cm³/mol. The number of rotatable bonds is 8. The van der Waals surface area contributed by atoms with E-state index in [0.29, 0.717) is 23.5 Å². The van der Waals surface area contributed by atoms with Crippen LogP contribution in [0.2, 0.25) is 0 Å². The molecule has 0 spiro atoms. The SMILES string of the molecule is C.CC.CC(=O)C1CCC(c2ccc(C)cc2)C(C)(C)C1.CC(C)CCC(O)NCC(C)C.O. The van der Waals surface area contributed by atoms with E-state index in [-0.39, 0.29) is 30.5 Å². The third-order valence-corrected chi connectivity index (χ3v) is 6.35. The van der Waals surface area contributed by atoms with E-state index in [0.717, 1.165) is 38.6 Å². The molecule has 1 saturated carbocycles. The molecule has 3 atom stereocenters. The van der Waals surface area contributed by atoms with Gasteiger partial charge in [0.2, 0.25) is 0 Å². The van der Waals surface area contributed by atoms with Crippen LogP contribution in [0.3, 0.4) is 0 Å². The fraction of sp³-hybridized carbons (Fsp3) is 0.767. The van der Waals surface area contributed by atoms with Gasteiger partial charge in [0, 0.05) is 5.92 Å². The van der Waals surface area contributed by atoms with Gasteiger partial charge < -0.3 is 10.6 Å². The summed E-state index contributed by atoms with van der Waals surface area (Å²) in [6.07, 6.45) is 4.87. The highest BCUT2D eigenvalue weighted by Crippen LogP contribution is 2.48. The molecule has 0 aromatic heterocycles. The first-order chi connectivity index (χ1) is 14.9.